The van der Waals surface area contributed by atoms with Gasteiger partial charge in [0.1, 0.15) is 5.82 Å². The summed E-state index contributed by atoms with van der Waals surface area (Å²) >= 11 is 0. The molecule has 2 aromatic heterocycles. The quantitative estimate of drug-likeness (QED) is 0.748. The first-order valence-electron chi connectivity index (χ1n) is 4.62. The molecule has 0 atom stereocenters. The van der Waals surface area contributed by atoms with E-state index in [1.165, 1.54) is 4.57 Å². The molecule has 2 rings (SSSR count). The van der Waals surface area contributed by atoms with Crippen LogP contribution in [0, 0.1) is 6.92 Å². The number of anilines is 1. The molecule has 0 unspecified atom stereocenters. The number of H-pyrrole nitrogens is 1. The highest BCUT2D eigenvalue weighted by Gasteiger charge is 2.07. The number of aryl methyl sites for hydroxylation is 1. The molecule has 3 N–H and O–H groups in total. The number of hydrogen-bond acceptors (Lipinski definition) is 3. The lowest BCUT2D eigenvalue weighted by Gasteiger charge is -2.03. The number of hydrogen-bond donors (Lipinski definition) is 2. The summed E-state index contributed by atoms with van der Waals surface area (Å²) in [6.07, 6.45) is 3.41. The van der Waals surface area contributed by atoms with E-state index in [0.717, 1.165) is 5.56 Å². The van der Waals surface area contributed by atoms with E-state index < -0.39 is 0 Å². The van der Waals surface area contributed by atoms with Crippen molar-refractivity contribution in [1.82, 2.24) is 14.5 Å². The van der Waals surface area contributed by atoms with Crippen LogP contribution in [0.15, 0.2) is 29.3 Å². The third-order valence-electron chi connectivity index (χ3n) is 2.28. The molecule has 2 aromatic rings. The second-order valence-electron chi connectivity index (χ2n) is 3.39. The standard InChI is InChI=1S/C10H12N4O/c1-7-9(11)14(10(15)13-7)6-8-3-2-4-12-5-8/h2-5H,6,11H2,1H3,(H,13,15). The van der Waals surface area contributed by atoms with Gasteiger partial charge < -0.3 is 10.7 Å². The Morgan fingerprint density at radius 1 is 1.60 bits per heavy atom. The summed E-state index contributed by atoms with van der Waals surface area (Å²) in [6, 6.07) is 3.73. The molecule has 0 amide bonds. The van der Waals surface area contributed by atoms with Crippen LogP contribution in [0.2, 0.25) is 0 Å². The van der Waals surface area contributed by atoms with Gasteiger partial charge in [-0.2, -0.15) is 0 Å². The normalized spacial score (nSPS) is 10.5. The van der Waals surface area contributed by atoms with Crippen molar-refractivity contribution in [2.45, 2.75) is 13.5 Å². The molecule has 0 aliphatic carbocycles. The van der Waals surface area contributed by atoms with E-state index in [1.54, 1.807) is 19.3 Å². The van der Waals surface area contributed by atoms with Crippen molar-refractivity contribution >= 4 is 5.82 Å². The third kappa shape index (κ3) is 1.76. The summed E-state index contributed by atoms with van der Waals surface area (Å²) in [5.74, 6) is 0.476. The summed E-state index contributed by atoms with van der Waals surface area (Å²) < 4.78 is 1.49. The van der Waals surface area contributed by atoms with Crippen molar-refractivity contribution < 1.29 is 0 Å². The second-order valence-corrected chi connectivity index (χ2v) is 3.39. The fourth-order valence-corrected chi connectivity index (χ4v) is 1.43. The Morgan fingerprint density at radius 3 is 2.93 bits per heavy atom. The van der Waals surface area contributed by atoms with Crippen LogP contribution in [0.3, 0.4) is 0 Å². The summed E-state index contributed by atoms with van der Waals surface area (Å²) in [5.41, 5.74) is 7.22. The Labute approximate surface area is 86.6 Å². The van der Waals surface area contributed by atoms with Gasteiger partial charge in [-0.1, -0.05) is 6.07 Å². The molecule has 78 valence electrons. The van der Waals surface area contributed by atoms with Gasteiger partial charge in [0.2, 0.25) is 0 Å². The van der Waals surface area contributed by atoms with E-state index in [0.29, 0.717) is 18.1 Å². The van der Waals surface area contributed by atoms with E-state index in [1.807, 2.05) is 12.1 Å². The van der Waals surface area contributed by atoms with Gasteiger partial charge in [0.25, 0.3) is 0 Å². The largest absolute Gasteiger partial charge is 0.384 e. The average Bonchev–Trinajstić information content (AvgIpc) is 2.47. The number of imidazole rings is 1. The van der Waals surface area contributed by atoms with E-state index in [2.05, 4.69) is 9.97 Å². The predicted molar refractivity (Wildman–Crippen MR) is 57.5 cm³/mol. The molecule has 5 nitrogen and oxygen atoms in total. The van der Waals surface area contributed by atoms with Crippen LogP contribution in [0.4, 0.5) is 5.82 Å². The lowest BCUT2D eigenvalue weighted by atomic mass is 10.3. The number of nitrogens with zero attached hydrogens (tertiary/aromatic N) is 2. The number of aromatic nitrogens is 3. The number of nitrogen functional groups attached to an aromatic ring is 1. The molecule has 0 radical (unpaired) electrons. The maximum atomic E-state index is 11.5. The molecule has 0 bridgehead atoms. The number of nitrogens with one attached hydrogen (secondary N) is 1. The van der Waals surface area contributed by atoms with Gasteiger partial charge in [-0.15, -0.1) is 0 Å². The van der Waals surface area contributed by atoms with Gasteiger partial charge in [-0.05, 0) is 18.6 Å². The Morgan fingerprint density at radius 2 is 2.40 bits per heavy atom. The minimum absolute atomic E-state index is 0.186. The molecule has 0 saturated heterocycles. The van der Waals surface area contributed by atoms with Crippen molar-refractivity contribution in [3.63, 3.8) is 0 Å². The maximum absolute atomic E-state index is 11.5. The van der Waals surface area contributed by atoms with Crippen molar-refractivity contribution in [3.8, 4) is 0 Å². The van der Waals surface area contributed by atoms with Crippen LogP contribution in [-0.2, 0) is 6.54 Å². The van der Waals surface area contributed by atoms with E-state index >= 15 is 0 Å². The highest BCUT2D eigenvalue weighted by Crippen LogP contribution is 2.07. The highest BCUT2D eigenvalue weighted by molar-refractivity contribution is 5.35. The zero-order valence-electron chi connectivity index (χ0n) is 8.40. The lowest BCUT2D eigenvalue weighted by Crippen LogP contribution is -2.19. The summed E-state index contributed by atoms with van der Waals surface area (Å²) in [6.45, 7) is 2.22. The first-order chi connectivity index (χ1) is 7.18. The van der Waals surface area contributed by atoms with Crippen LogP contribution in [0.5, 0.6) is 0 Å². The zero-order chi connectivity index (χ0) is 10.8. The highest BCUT2D eigenvalue weighted by atomic mass is 16.1. The monoisotopic (exact) mass is 204 g/mol. The van der Waals surface area contributed by atoms with Gasteiger partial charge >= 0.3 is 5.69 Å². The van der Waals surface area contributed by atoms with Crippen molar-refractivity contribution in [1.29, 1.82) is 0 Å². The first-order valence-corrected chi connectivity index (χ1v) is 4.62. The summed E-state index contributed by atoms with van der Waals surface area (Å²) in [5, 5.41) is 0. The van der Waals surface area contributed by atoms with Gasteiger partial charge in [0, 0.05) is 12.4 Å². The van der Waals surface area contributed by atoms with Gasteiger partial charge in [-0.25, -0.2) is 4.79 Å². The van der Waals surface area contributed by atoms with Crippen molar-refractivity contribution in [2.75, 3.05) is 5.73 Å². The molecule has 5 heteroatoms. The molecular formula is C10H12N4O. The molecule has 0 aromatic carbocycles. The molecule has 0 spiro atoms. The molecule has 0 aliphatic rings. The minimum atomic E-state index is -0.186. The Balaban J connectivity index is 2.37. The maximum Gasteiger partial charge on any atom is 0.327 e. The van der Waals surface area contributed by atoms with Gasteiger partial charge in [0.05, 0.1) is 12.2 Å². The van der Waals surface area contributed by atoms with Crippen molar-refractivity contribution in [2.24, 2.45) is 0 Å². The van der Waals surface area contributed by atoms with Gasteiger partial charge in [0.15, 0.2) is 0 Å². The Kier molecular flexibility index (Phi) is 2.29. The molecular weight excluding hydrogens is 192 g/mol. The zero-order valence-corrected chi connectivity index (χ0v) is 8.40. The molecule has 15 heavy (non-hydrogen) atoms. The molecule has 2 heterocycles. The van der Waals surface area contributed by atoms with Crippen LogP contribution in [-0.4, -0.2) is 14.5 Å². The smallest absolute Gasteiger partial charge is 0.327 e. The van der Waals surface area contributed by atoms with E-state index in [4.69, 9.17) is 5.73 Å². The first kappa shape index (κ1) is 9.51. The van der Waals surface area contributed by atoms with Crippen LogP contribution < -0.4 is 11.4 Å². The average molecular weight is 204 g/mol. The Bertz CT molecular complexity index is 512. The summed E-state index contributed by atoms with van der Waals surface area (Å²) in [7, 11) is 0. The topological polar surface area (TPSA) is 76.7 Å². The van der Waals surface area contributed by atoms with Crippen LogP contribution in [0.25, 0.3) is 0 Å². The van der Waals surface area contributed by atoms with E-state index in [9.17, 15) is 4.79 Å². The van der Waals surface area contributed by atoms with Crippen molar-refractivity contribution in [3.05, 3.63) is 46.3 Å². The van der Waals surface area contributed by atoms with E-state index in [-0.39, 0.29) is 5.69 Å². The predicted octanol–water partition coefficient (Wildman–Crippen LogP) is 0.510. The lowest BCUT2D eigenvalue weighted by molar-refractivity contribution is 0.768. The number of pyridine rings is 1. The van der Waals surface area contributed by atoms with Crippen LogP contribution >= 0.6 is 0 Å². The minimum Gasteiger partial charge on any atom is -0.384 e. The second kappa shape index (κ2) is 3.61. The number of aromatic amines is 1. The van der Waals surface area contributed by atoms with Crippen LogP contribution in [0.1, 0.15) is 11.3 Å². The Hall–Kier alpha value is -2.04. The SMILES string of the molecule is Cc1[nH]c(=O)n(Cc2cccnc2)c1N. The fourth-order valence-electron chi connectivity index (χ4n) is 1.43. The third-order valence-corrected chi connectivity index (χ3v) is 2.28. The van der Waals surface area contributed by atoms with Gasteiger partial charge in [-0.3, -0.25) is 9.55 Å². The molecule has 0 fully saturated rings. The molecule has 0 saturated carbocycles. The number of rotatable bonds is 2. The fraction of sp³-hybridized carbons (Fsp3) is 0.200. The summed E-state index contributed by atoms with van der Waals surface area (Å²) in [4.78, 5) is 18.1. The molecule has 0 aliphatic heterocycles. The number of nitrogens with two attached hydrogens (primary N) is 1.